The van der Waals surface area contributed by atoms with E-state index >= 15 is 0 Å². The molecule has 0 nitrogen and oxygen atoms in total. The van der Waals surface area contributed by atoms with Crippen molar-refractivity contribution in [2.75, 3.05) is 0 Å². The summed E-state index contributed by atoms with van der Waals surface area (Å²) in [5, 5.41) is 0. The second kappa shape index (κ2) is 7.11. The molecule has 1 unspecified atom stereocenters. The molecule has 0 heteroatoms. The highest BCUT2D eigenvalue weighted by Crippen LogP contribution is 2.41. The molecule has 1 aromatic rings. The van der Waals surface area contributed by atoms with Gasteiger partial charge in [0.15, 0.2) is 0 Å². The summed E-state index contributed by atoms with van der Waals surface area (Å²) in [5.41, 5.74) is 3.01. The minimum Gasteiger partial charge on any atom is -0.103 e. The lowest BCUT2D eigenvalue weighted by Crippen LogP contribution is -2.23. The summed E-state index contributed by atoms with van der Waals surface area (Å²) in [6.07, 6.45) is 15.6. The average Bonchev–Trinajstić information content (AvgIpc) is 2.57. The van der Waals surface area contributed by atoms with E-state index in [0.717, 1.165) is 17.8 Å². The van der Waals surface area contributed by atoms with Crippen LogP contribution in [-0.4, -0.2) is 0 Å². The Bertz CT molecular complexity index is 474. The topological polar surface area (TPSA) is 0 Å². The van der Waals surface area contributed by atoms with Crippen molar-refractivity contribution in [1.82, 2.24) is 0 Å². The standard InChI is InChI=1S/C21H28/c1-2-6-17-9-11-19(12-10-17)21-15-13-20(14-16-21)18-7-4-3-5-8-18/h2-5,7-8,13,17,19,21H,1,6,9-12,14-16H2/t17-,19-,21?. The van der Waals surface area contributed by atoms with Crippen molar-refractivity contribution in [3.63, 3.8) is 0 Å². The Balaban J connectivity index is 1.54. The van der Waals surface area contributed by atoms with E-state index in [9.17, 15) is 0 Å². The summed E-state index contributed by atoms with van der Waals surface area (Å²) in [7, 11) is 0. The van der Waals surface area contributed by atoms with E-state index < -0.39 is 0 Å². The molecule has 0 aromatic heterocycles. The third-order valence-corrected chi connectivity index (χ3v) is 5.65. The highest BCUT2D eigenvalue weighted by Gasteiger charge is 2.28. The van der Waals surface area contributed by atoms with Gasteiger partial charge in [0.2, 0.25) is 0 Å². The number of rotatable bonds is 4. The molecule has 1 aromatic carbocycles. The van der Waals surface area contributed by atoms with Crippen LogP contribution in [0, 0.1) is 17.8 Å². The Morgan fingerprint density at radius 1 is 0.952 bits per heavy atom. The van der Waals surface area contributed by atoms with E-state index in [1.165, 1.54) is 56.9 Å². The van der Waals surface area contributed by atoms with Crippen LogP contribution in [0.3, 0.4) is 0 Å². The maximum absolute atomic E-state index is 3.89. The summed E-state index contributed by atoms with van der Waals surface area (Å²) in [4.78, 5) is 0. The molecule has 1 saturated carbocycles. The first-order valence-corrected chi connectivity index (χ1v) is 8.72. The summed E-state index contributed by atoms with van der Waals surface area (Å²) < 4.78 is 0. The molecule has 2 aliphatic rings. The maximum atomic E-state index is 3.89. The van der Waals surface area contributed by atoms with Crippen LogP contribution in [0.25, 0.3) is 5.57 Å². The Morgan fingerprint density at radius 2 is 1.71 bits per heavy atom. The van der Waals surface area contributed by atoms with Crippen LogP contribution in [0.4, 0.5) is 0 Å². The lowest BCUT2D eigenvalue weighted by Gasteiger charge is -2.35. The fourth-order valence-corrected chi connectivity index (χ4v) is 4.33. The van der Waals surface area contributed by atoms with Gasteiger partial charge < -0.3 is 0 Å². The van der Waals surface area contributed by atoms with E-state index in [1.807, 2.05) is 0 Å². The van der Waals surface area contributed by atoms with Gasteiger partial charge in [-0.05, 0) is 80.3 Å². The molecule has 0 radical (unpaired) electrons. The molecule has 1 atom stereocenters. The smallest absolute Gasteiger partial charge is 0.0228 e. The monoisotopic (exact) mass is 280 g/mol. The van der Waals surface area contributed by atoms with Crippen LogP contribution in [0.5, 0.6) is 0 Å². The van der Waals surface area contributed by atoms with Gasteiger partial charge >= 0.3 is 0 Å². The Kier molecular flexibility index (Phi) is 4.95. The van der Waals surface area contributed by atoms with Gasteiger partial charge in [0.25, 0.3) is 0 Å². The number of allylic oxidation sites excluding steroid dienone is 3. The first kappa shape index (κ1) is 14.6. The van der Waals surface area contributed by atoms with Gasteiger partial charge in [-0.3, -0.25) is 0 Å². The van der Waals surface area contributed by atoms with E-state index in [2.05, 4.69) is 49.1 Å². The van der Waals surface area contributed by atoms with Crippen LogP contribution in [0.1, 0.15) is 56.9 Å². The van der Waals surface area contributed by atoms with Crippen LogP contribution < -0.4 is 0 Å². The fraction of sp³-hybridized carbons (Fsp3) is 0.524. The van der Waals surface area contributed by atoms with Gasteiger partial charge in [0, 0.05) is 0 Å². The van der Waals surface area contributed by atoms with Crippen molar-refractivity contribution in [2.45, 2.75) is 51.4 Å². The van der Waals surface area contributed by atoms with E-state index in [1.54, 1.807) is 5.57 Å². The van der Waals surface area contributed by atoms with Gasteiger partial charge in [-0.1, -0.05) is 42.5 Å². The van der Waals surface area contributed by atoms with Gasteiger partial charge in [-0.15, -0.1) is 6.58 Å². The Hall–Kier alpha value is -1.30. The molecular formula is C21H28. The largest absolute Gasteiger partial charge is 0.103 e. The van der Waals surface area contributed by atoms with Gasteiger partial charge in [0.1, 0.15) is 0 Å². The molecule has 0 heterocycles. The number of benzene rings is 1. The molecule has 112 valence electrons. The van der Waals surface area contributed by atoms with Gasteiger partial charge in [-0.2, -0.15) is 0 Å². The summed E-state index contributed by atoms with van der Waals surface area (Å²) in [5.74, 6) is 2.86. The van der Waals surface area contributed by atoms with Crippen molar-refractivity contribution in [3.05, 3.63) is 54.6 Å². The zero-order valence-corrected chi connectivity index (χ0v) is 13.1. The van der Waals surface area contributed by atoms with E-state index in [-0.39, 0.29) is 0 Å². The van der Waals surface area contributed by atoms with Crippen molar-refractivity contribution in [3.8, 4) is 0 Å². The predicted octanol–water partition coefficient (Wildman–Crippen LogP) is 6.25. The minimum atomic E-state index is 0.928. The van der Waals surface area contributed by atoms with Crippen molar-refractivity contribution in [2.24, 2.45) is 17.8 Å². The predicted molar refractivity (Wildman–Crippen MR) is 92.0 cm³/mol. The quantitative estimate of drug-likeness (QED) is 0.572. The summed E-state index contributed by atoms with van der Waals surface area (Å²) in [6.45, 7) is 3.89. The van der Waals surface area contributed by atoms with Crippen molar-refractivity contribution < 1.29 is 0 Å². The van der Waals surface area contributed by atoms with Gasteiger partial charge in [-0.25, -0.2) is 0 Å². The lowest BCUT2D eigenvalue weighted by molar-refractivity contribution is 0.196. The number of hydrogen-bond acceptors (Lipinski definition) is 0. The zero-order valence-electron chi connectivity index (χ0n) is 13.1. The molecule has 0 N–H and O–H groups in total. The van der Waals surface area contributed by atoms with Crippen LogP contribution in [-0.2, 0) is 0 Å². The third-order valence-electron chi connectivity index (χ3n) is 5.65. The zero-order chi connectivity index (χ0) is 14.5. The SMILES string of the molecule is C=CC[C@H]1CC[C@H](C2CC=C(c3ccccc3)CC2)CC1. The maximum Gasteiger partial charge on any atom is -0.0228 e. The van der Waals surface area contributed by atoms with Crippen molar-refractivity contribution >= 4 is 5.57 Å². The first-order chi connectivity index (χ1) is 10.4. The molecule has 1 fully saturated rings. The lowest BCUT2D eigenvalue weighted by atomic mass is 9.70. The molecule has 0 aliphatic heterocycles. The van der Waals surface area contributed by atoms with Crippen LogP contribution in [0.2, 0.25) is 0 Å². The van der Waals surface area contributed by atoms with E-state index in [0.29, 0.717) is 0 Å². The third kappa shape index (κ3) is 3.67. The first-order valence-electron chi connectivity index (χ1n) is 8.72. The van der Waals surface area contributed by atoms with Crippen molar-refractivity contribution in [1.29, 1.82) is 0 Å². The summed E-state index contributed by atoms with van der Waals surface area (Å²) >= 11 is 0. The minimum absolute atomic E-state index is 0.928. The van der Waals surface area contributed by atoms with Gasteiger partial charge in [0.05, 0.1) is 0 Å². The second-order valence-corrected chi connectivity index (χ2v) is 6.94. The molecule has 0 amide bonds. The van der Waals surface area contributed by atoms with Crippen LogP contribution in [0.15, 0.2) is 49.1 Å². The molecule has 3 rings (SSSR count). The second-order valence-electron chi connectivity index (χ2n) is 6.94. The number of hydrogen-bond donors (Lipinski definition) is 0. The highest BCUT2D eigenvalue weighted by molar-refractivity contribution is 5.66. The average molecular weight is 280 g/mol. The normalized spacial score (nSPS) is 29.7. The Labute approximate surface area is 130 Å². The molecular weight excluding hydrogens is 252 g/mol. The fourth-order valence-electron chi connectivity index (χ4n) is 4.33. The van der Waals surface area contributed by atoms with E-state index in [4.69, 9.17) is 0 Å². The molecule has 2 aliphatic carbocycles. The molecule has 0 spiro atoms. The van der Waals surface area contributed by atoms with Crippen LogP contribution >= 0.6 is 0 Å². The molecule has 0 bridgehead atoms. The Morgan fingerprint density at radius 3 is 2.33 bits per heavy atom. The molecule has 21 heavy (non-hydrogen) atoms. The summed E-state index contributed by atoms with van der Waals surface area (Å²) in [6, 6.07) is 10.9. The molecule has 0 saturated heterocycles. The highest BCUT2D eigenvalue weighted by atomic mass is 14.3.